The van der Waals surface area contributed by atoms with Gasteiger partial charge in [-0.3, -0.25) is 9.48 Å². The van der Waals surface area contributed by atoms with Gasteiger partial charge in [0, 0.05) is 19.2 Å². The van der Waals surface area contributed by atoms with E-state index in [4.69, 9.17) is 0 Å². The molecular formula is C15H23N3O5. The van der Waals surface area contributed by atoms with Crippen molar-refractivity contribution < 1.29 is 24.5 Å². The van der Waals surface area contributed by atoms with Gasteiger partial charge in [-0.1, -0.05) is 6.92 Å². The van der Waals surface area contributed by atoms with Gasteiger partial charge >= 0.3 is 5.97 Å². The fourth-order valence-electron chi connectivity index (χ4n) is 2.77. The normalized spacial score (nSPS) is 26.0. The van der Waals surface area contributed by atoms with Gasteiger partial charge in [-0.05, 0) is 13.0 Å². The second kappa shape index (κ2) is 6.67. The van der Waals surface area contributed by atoms with Crippen LogP contribution in [0.3, 0.4) is 0 Å². The van der Waals surface area contributed by atoms with Crippen molar-refractivity contribution in [3.63, 3.8) is 0 Å². The van der Waals surface area contributed by atoms with Crippen molar-refractivity contribution in [2.75, 3.05) is 20.2 Å². The lowest BCUT2D eigenvalue weighted by molar-refractivity contribution is -0.187. The first-order chi connectivity index (χ1) is 10.8. The third-order valence-corrected chi connectivity index (χ3v) is 4.21. The minimum absolute atomic E-state index is 0.0554. The lowest BCUT2D eigenvalue weighted by atomic mass is 9.88. The minimum atomic E-state index is -1.95. The number of amides is 1. The molecule has 0 aromatic carbocycles. The SMILES string of the molecule is COC(=O)[C@@]1(O)CCN(C(=O)C(C)Cn2ccc(C)n2)C[C@@H]1O. The molecule has 0 aliphatic carbocycles. The number of ether oxygens (including phenoxy) is 1. The van der Waals surface area contributed by atoms with Crippen molar-refractivity contribution >= 4 is 11.9 Å². The molecule has 2 rings (SSSR count). The van der Waals surface area contributed by atoms with Gasteiger partial charge < -0.3 is 19.8 Å². The third kappa shape index (κ3) is 3.53. The minimum Gasteiger partial charge on any atom is -0.467 e. The number of nitrogens with zero attached hydrogens (tertiary/aromatic N) is 3. The van der Waals surface area contributed by atoms with Crippen molar-refractivity contribution in [3.8, 4) is 0 Å². The van der Waals surface area contributed by atoms with Crippen LogP contribution in [0.4, 0.5) is 0 Å². The largest absolute Gasteiger partial charge is 0.467 e. The fraction of sp³-hybridized carbons (Fsp3) is 0.667. The molecule has 3 atom stereocenters. The lowest BCUT2D eigenvalue weighted by Crippen LogP contribution is -2.61. The maximum atomic E-state index is 12.5. The number of aryl methyl sites for hydroxylation is 1. The van der Waals surface area contributed by atoms with E-state index in [0.29, 0.717) is 6.54 Å². The Balaban J connectivity index is 1.98. The quantitative estimate of drug-likeness (QED) is 0.711. The number of aliphatic hydroxyl groups excluding tert-OH is 1. The molecule has 128 valence electrons. The van der Waals surface area contributed by atoms with Crippen LogP contribution in [-0.4, -0.2) is 68.7 Å². The van der Waals surface area contributed by atoms with Gasteiger partial charge in [-0.2, -0.15) is 5.10 Å². The molecule has 2 N–H and O–H groups in total. The summed E-state index contributed by atoms with van der Waals surface area (Å²) >= 11 is 0. The molecule has 23 heavy (non-hydrogen) atoms. The summed E-state index contributed by atoms with van der Waals surface area (Å²) in [7, 11) is 1.15. The van der Waals surface area contributed by atoms with Crippen molar-refractivity contribution in [2.45, 2.75) is 38.5 Å². The van der Waals surface area contributed by atoms with Crippen LogP contribution in [0, 0.1) is 12.8 Å². The van der Waals surface area contributed by atoms with Crippen LogP contribution >= 0.6 is 0 Å². The first kappa shape index (κ1) is 17.4. The van der Waals surface area contributed by atoms with Gasteiger partial charge in [0.15, 0.2) is 5.60 Å². The van der Waals surface area contributed by atoms with Gasteiger partial charge in [0.1, 0.15) is 6.10 Å². The number of rotatable bonds is 4. The highest BCUT2D eigenvalue weighted by Gasteiger charge is 2.49. The Morgan fingerprint density at radius 3 is 2.78 bits per heavy atom. The van der Waals surface area contributed by atoms with Crippen molar-refractivity contribution in [3.05, 3.63) is 18.0 Å². The number of aromatic nitrogens is 2. The molecule has 1 aromatic heterocycles. The molecule has 1 aliphatic heterocycles. The van der Waals surface area contributed by atoms with Crippen LogP contribution < -0.4 is 0 Å². The molecule has 0 spiro atoms. The number of aliphatic hydroxyl groups is 2. The monoisotopic (exact) mass is 325 g/mol. The van der Waals surface area contributed by atoms with Gasteiger partial charge in [-0.15, -0.1) is 0 Å². The number of β-amino-alcohol motifs (C(OH)–C–C–N with tert-alkyl or cyclic N) is 1. The summed E-state index contributed by atoms with van der Waals surface area (Å²) in [5.74, 6) is -1.35. The van der Waals surface area contributed by atoms with Crippen molar-refractivity contribution in [1.82, 2.24) is 14.7 Å². The Morgan fingerprint density at radius 2 is 2.26 bits per heavy atom. The zero-order valence-corrected chi connectivity index (χ0v) is 13.6. The number of carbonyl (C=O) groups is 2. The second-order valence-corrected chi connectivity index (χ2v) is 6.05. The summed E-state index contributed by atoms with van der Waals surface area (Å²) in [5.41, 5.74) is -1.07. The Morgan fingerprint density at radius 1 is 1.57 bits per heavy atom. The standard InChI is InChI=1S/C15H23N3O5/c1-10(8-18-6-4-11(2)16-18)13(20)17-7-5-15(22,12(19)9-17)14(21)23-3/h4,6,10,12,19,22H,5,7-9H2,1-3H3/t10?,12-,15+/m0/s1. The van der Waals surface area contributed by atoms with Crippen molar-refractivity contribution in [2.24, 2.45) is 5.92 Å². The Bertz CT molecular complexity index is 587. The van der Waals surface area contributed by atoms with Gasteiger partial charge in [-0.25, -0.2) is 4.79 Å². The van der Waals surface area contributed by atoms with Crippen LogP contribution in [0.5, 0.6) is 0 Å². The summed E-state index contributed by atoms with van der Waals surface area (Å²) in [5, 5.41) is 24.5. The lowest BCUT2D eigenvalue weighted by Gasteiger charge is -2.40. The number of piperidine rings is 1. The van der Waals surface area contributed by atoms with Crippen LogP contribution in [-0.2, 0) is 20.9 Å². The van der Waals surface area contributed by atoms with Crippen molar-refractivity contribution in [1.29, 1.82) is 0 Å². The molecule has 1 aromatic rings. The molecule has 2 heterocycles. The van der Waals surface area contributed by atoms with E-state index < -0.39 is 17.7 Å². The smallest absolute Gasteiger partial charge is 0.340 e. The predicted octanol–water partition coefficient (Wildman–Crippen LogP) is -0.675. The number of carbonyl (C=O) groups excluding carboxylic acids is 2. The summed E-state index contributed by atoms with van der Waals surface area (Å²) in [6.45, 7) is 4.17. The highest BCUT2D eigenvalue weighted by molar-refractivity contribution is 5.82. The summed E-state index contributed by atoms with van der Waals surface area (Å²) in [6.07, 6.45) is 0.382. The van der Waals surface area contributed by atoms with Crippen LogP contribution in [0.25, 0.3) is 0 Å². The maximum absolute atomic E-state index is 12.5. The number of hydrogen-bond acceptors (Lipinski definition) is 6. The molecule has 8 nitrogen and oxygen atoms in total. The van der Waals surface area contributed by atoms with Gasteiger partial charge in [0.25, 0.3) is 0 Å². The zero-order valence-electron chi connectivity index (χ0n) is 13.6. The van der Waals surface area contributed by atoms with Crippen LogP contribution in [0.1, 0.15) is 19.0 Å². The summed E-state index contributed by atoms with van der Waals surface area (Å²) in [4.78, 5) is 25.5. The van der Waals surface area contributed by atoms with E-state index in [2.05, 4.69) is 9.84 Å². The number of methoxy groups -OCH3 is 1. The second-order valence-electron chi connectivity index (χ2n) is 6.05. The molecule has 1 aliphatic rings. The maximum Gasteiger partial charge on any atom is 0.340 e. The molecule has 0 radical (unpaired) electrons. The zero-order chi connectivity index (χ0) is 17.2. The van der Waals surface area contributed by atoms with Gasteiger partial charge in [0.05, 0.1) is 31.8 Å². The van der Waals surface area contributed by atoms with Gasteiger partial charge in [0.2, 0.25) is 5.91 Å². The molecule has 8 heteroatoms. The first-order valence-electron chi connectivity index (χ1n) is 7.55. The third-order valence-electron chi connectivity index (χ3n) is 4.21. The molecule has 1 fully saturated rings. The van der Waals surface area contributed by atoms with E-state index in [0.717, 1.165) is 12.8 Å². The Kier molecular flexibility index (Phi) is 5.06. The number of esters is 1. The molecular weight excluding hydrogens is 302 g/mol. The average molecular weight is 325 g/mol. The van der Waals surface area contributed by atoms with E-state index in [1.807, 2.05) is 13.0 Å². The molecule has 0 saturated carbocycles. The van der Waals surface area contributed by atoms with Crippen LogP contribution in [0.2, 0.25) is 0 Å². The Labute approximate surface area is 134 Å². The Hall–Kier alpha value is -1.93. The first-order valence-corrected chi connectivity index (χ1v) is 7.55. The summed E-state index contributed by atoms with van der Waals surface area (Å²) in [6, 6.07) is 1.86. The average Bonchev–Trinajstić information content (AvgIpc) is 2.93. The fourth-order valence-corrected chi connectivity index (χ4v) is 2.77. The number of likely N-dealkylation sites (tertiary alicyclic amines) is 1. The van der Waals surface area contributed by atoms with E-state index in [1.165, 1.54) is 4.90 Å². The van der Waals surface area contributed by atoms with Crippen LogP contribution in [0.15, 0.2) is 12.3 Å². The number of hydrogen-bond donors (Lipinski definition) is 2. The molecule has 0 bridgehead atoms. The topological polar surface area (TPSA) is 105 Å². The predicted molar refractivity (Wildman–Crippen MR) is 80.3 cm³/mol. The highest BCUT2D eigenvalue weighted by atomic mass is 16.5. The van der Waals surface area contributed by atoms with E-state index in [-0.39, 0.29) is 31.3 Å². The molecule has 1 amide bonds. The summed E-state index contributed by atoms with van der Waals surface area (Å²) < 4.78 is 6.22. The molecule has 1 unspecified atom stereocenters. The van der Waals surface area contributed by atoms with E-state index >= 15 is 0 Å². The van der Waals surface area contributed by atoms with E-state index in [9.17, 15) is 19.8 Å². The molecule has 1 saturated heterocycles. The highest BCUT2D eigenvalue weighted by Crippen LogP contribution is 2.25. The van der Waals surface area contributed by atoms with E-state index in [1.54, 1.807) is 17.8 Å².